The Kier molecular flexibility index (Phi) is 5.88. The number of hydrogen-bond acceptors (Lipinski definition) is 3. The van der Waals surface area contributed by atoms with E-state index in [1.807, 2.05) is 43.0 Å². The fourth-order valence-electron chi connectivity index (χ4n) is 1.34. The summed E-state index contributed by atoms with van der Waals surface area (Å²) in [4.78, 5) is 0. The molecule has 0 atom stereocenters. The van der Waals surface area contributed by atoms with Crippen molar-refractivity contribution in [1.29, 1.82) is 0 Å². The van der Waals surface area contributed by atoms with E-state index in [2.05, 4.69) is 5.43 Å². The van der Waals surface area contributed by atoms with E-state index in [0.717, 1.165) is 13.0 Å². The molecule has 0 unspecified atom stereocenters. The van der Waals surface area contributed by atoms with Crippen molar-refractivity contribution in [3.8, 4) is 0 Å². The molecule has 15 heavy (non-hydrogen) atoms. The van der Waals surface area contributed by atoms with Gasteiger partial charge in [-0.3, -0.25) is 4.68 Å². The third kappa shape index (κ3) is 4.85. The zero-order chi connectivity index (χ0) is 10.9. The molecule has 0 radical (unpaired) electrons. The molecule has 1 aromatic rings. The molecule has 0 fully saturated rings. The first kappa shape index (κ1) is 12.1. The second kappa shape index (κ2) is 7.31. The van der Waals surface area contributed by atoms with E-state index >= 15 is 0 Å². The lowest BCUT2D eigenvalue weighted by molar-refractivity contribution is -0.137. The second-order valence-electron chi connectivity index (χ2n) is 3.13. The summed E-state index contributed by atoms with van der Waals surface area (Å²) >= 11 is 0. The van der Waals surface area contributed by atoms with Gasteiger partial charge in [-0.2, -0.15) is 0 Å². The van der Waals surface area contributed by atoms with Gasteiger partial charge in [0.05, 0.1) is 0 Å². The van der Waals surface area contributed by atoms with Crippen LogP contribution < -0.4 is 5.43 Å². The van der Waals surface area contributed by atoms with Crippen molar-refractivity contribution in [2.45, 2.75) is 26.6 Å². The Morgan fingerprint density at radius 1 is 1.13 bits per heavy atom. The number of aromatic nitrogens is 1. The summed E-state index contributed by atoms with van der Waals surface area (Å²) in [6.07, 6.45) is 4.69. The van der Waals surface area contributed by atoms with Crippen molar-refractivity contribution >= 4 is 0 Å². The fourth-order valence-corrected chi connectivity index (χ4v) is 1.34. The van der Waals surface area contributed by atoms with Gasteiger partial charge >= 0.3 is 0 Å². The Balaban J connectivity index is 2.15. The minimum Gasteiger partial charge on any atom is -0.353 e. The van der Waals surface area contributed by atoms with Gasteiger partial charge in [0.25, 0.3) is 0 Å². The molecule has 0 aliphatic heterocycles. The van der Waals surface area contributed by atoms with Gasteiger partial charge in [0.2, 0.25) is 0 Å². The Morgan fingerprint density at radius 3 is 2.27 bits per heavy atom. The molecule has 0 bridgehead atoms. The maximum absolute atomic E-state index is 5.43. The molecule has 0 spiro atoms. The molecular formula is C11H20N2O2. The van der Waals surface area contributed by atoms with Crippen LogP contribution in [0, 0.1) is 0 Å². The highest BCUT2D eigenvalue weighted by molar-refractivity contribution is 4.92. The predicted octanol–water partition coefficient (Wildman–Crippen LogP) is 1.82. The number of nitrogens with zero attached hydrogens (tertiary/aromatic N) is 1. The normalized spacial score (nSPS) is 10.9. The molecule has 0 amide bonds. The van der Waals surface area contributed by atoms with Crippen LogP contribution in [0.1, 0.15) is 20.3 Å². The van der Waals surface area contributed by atoms with Gasteiger partial charge in [-0.25, -0.2) is 0 Å². The summed E-state index contributed by atoms with van der Waals surface area (Å²) in [7, 11) is 0. The topological polar surface area (TPSA) is 35.4 Å². The van der Waals surface area contributed by atoms with E-state index in [1.54, 1.807) is 0 Å². The van der Waals surface area contributed by atoms with Gasteiger partial charge < -0.3 is 14.9 Å². The summed E-state index contributed by atoms with van der Waals surface area (Å²) in [5.74, 6) is 0. The lowest BCUT2D eigenvalue weighted by Crippen LogP contribution is -2.23. The molecule has 1 heterocycles. The third-order valence-electron chi connectivity index (χ3n) is 1.98. The Bertz CT molecular complexity index is 231. The first-order chi connectivity index (χ1) is 7.36. The second-order valence-corrected chi connectivity index (χ2v) is 3.13. The first-order valence-electron chi connectivity index (χ1n) is 5.46. The molecule has 0 aliphatic carbocycles. The molecule has 4 heteroatoms. The highest BCUT2D eigenvalue weighted by atomic mass is 16.7. The standard InChI is InChI=1S/C11H20N2O2/c1-3-14-11(15-4-2)7-8-12-13-9-5-6-10-13/h5-6,9-12H,3-4,7-8H2,1-2H3. The van der Waals surface area contributed by atoms with Crippen molar-refractivity contribution in [3.05, 3.63) is 24.5 Å². The first-order valence-corrected chi connectivity index (χ1v) is 5.46. The molecule has 1 rings (SSSR count). The van der Waals surface area contributed by atoms with Crippen LogP contribution in [-0.4, -0.2) is 30.7 Å². The summed E-state index contributed by atoms with van der Waals surface area (Å²) in [6.45, 7) is 6.17. The van der Waals surface area contributed by atoms with Crippen molar-refractivity contribution in [2.24, 2.45) is 0 Å². The highest BCUT2D eigenvalue weighted by Gasteiger charge is 2.06. The largest absolute Gasteiger partial charge is 0.353 e. The van der Waals surface area contributed by atoms with Crippen LogP contribution in [0.4, 0.5) is 0 Å². The van der Waals surface area contributed by atoms with Gasteiger partial charge in [0, 0.05) is 38.6 Å². The van der Waals surface area contributed by atoms with Crippen molar-refractivity contribution in [3.63, 3.8) is 0 Å². The van der Waals surface area contributed by atoms with Crippen LogP contribution >= 0.6 is 0 Å². The van der Waals surface area contributed by atoms with Crippen LogP contribution in [0.3, 0.4) is 0 Å². The zero-order valence-electron chi connectivity index (χ0n) is 9.48. The van der Waals surface area contributed by atoms with E-state index in [4.69, 9.17) is 9.47 Å². The lowest BCUT2D eigenvalue weighted by atomic mass is 10.4. The van der Waals surface area contributed by atoms with E-state index in [1.165, 1.54) is 0 Å². The Morgan fingerprint density at radius 2 is 1.73 bits per heavy atom. The van der Waals surface area contributed by atoms with Gasteiger partial charge in [-0.1, -0.05) is 0 Å². The summed E-state index contributed by atoms with van der Waals surface area (Å²) in [5, 5.41) is 0. The molecule has 0 aliphatic rings. The van der Waals surface area contributed by atoms with Crippen molar-refractivity contribution in [1.82, 2.24) is 4.68 Å². The van der Waals surface area contributed by atoms with E-state index in [9.17, 15) is 0 Å². The lowest BCUT2D eigenvalue weighted by Gasteiger charge is -2.17. The Labute approximate surface area is 91.2 Å². The maximum atomic E-state index is 5.43. The van der Waals surface area contributed by atoms with Crippen LogP contribution in [0.5, 0.6) is 0 Å². The summed E-state index contributed by atoms with van der Waals surface area (Å²) in [5.41, 5.74) is 3.23. The summed E-state index contributed by atoms with van der Waals surface area (Å²) < 4.78 is 12.8. The maximum Gasteiger partial charge on any atom is 0.159 e. The molecule has 4 nitrogen and oxygen atoms in total. The van der Waals surface area contributed by atoms with Crippen LogP contribution in [0.2, 0.25) is 0 Å². The van der Waals surface area contributed by atoms with Gasteiger partial charge in [-0.05, 0) is 26.0 Å². The van der Waals surface area contributed by atoms with E-state index < -0.39 is 0 Å². The minimum absolute atomic E-state index is 0.0944. The highest BCUT2D eigenvalue weighted by Crippen LogP contribution is 2.00. The van der Waals surface area contributed by atoms with Gasteiger partial charge in [-0.15, -0.1) is 0 Å². The van der Waals surface area contributed by atoms with E-state index in [0.29, 0.717) is 13.2 Å². The molecule has 0 saturated heterocycles. The molecule has 86 valence electrons. The molecule has 1 aromatic heterocycles. The van der Waals surface area contributed by atoms with Gasteiger partial charge in [0.15, 0.2) is 6.29 Å². The van der Waals surface area contributed by atoms with Crippen LogP contribution in [-0.2, 0) is 9.47 Å². The molecule has 0 aromatic carbocycles. The number of hydrogen-bond donors (Lipinski definition) is 1. The van der Waals surface area contributed by atoms with Gasteiger partial charge in [0.1, 0.15) is 0 Å². The van der Waals surface area contributed by atoms with E-state index in [-0.39, 0.29) is 6.29 Å². The summed E-state index contributed by atoms with van der Waals surface area (Å²) in [6, 6.07) is 3.96. The predicted molar refractivity (Wildman–Crippen MR) is 60.3 cm³/mol. The average Bonchev–Trinajstić information content (AvgIpc) is 2.71. The van der Waals surface area contributed by atoms with Crippen LogP contribution in [0.15, 0.2) is 24.5 Å². The SMILES string of the molecule is CCOC(CCNn1cccc1)OCC. The number of ether oxygens (including phenoxy) is 2. The fraction of sp³-hybridized carbons (Fsp3) is 0.636. The van der Waals surface area contributed by atoms with Crippen molar-refractivity contribution < 1.29 is 9.47 Å². The molecule has 1 N–H and O–H groups in total. The quantitative estimate of drug-likeness (QED) is 0.668. The number of nitrogens with one attached hydrogen (secondary N) is 1. The third-order valence-corrected chi connectivity index (χ3v) is 1.98. The Hall–Kier alpha value is -1.00. The smallest absolute Gasteiger partial charge is 0.159 e. The average molecular weight is 212 g/mol. The number of rotatable bonds is 8. The molecule has 0 saturated carbocycles. The molecular weight excluding hydrogens is 192 g/mol. The zero-order valence-corrected chi connectivity index (χ0v) is 9.48. The minimum atomic E-state index is -0.0944. The van der Waals surface area contributed by atoms with Crippen LogP contribution in [0.25, 0.3) is 0 Å². The monoisotopic (exact) mass is 212 g/mol. The van der Waals surface area contributed by atoms with Crippen molar-refractivity contribution in [2.75, 3.05) is 25.2 Å².